The molecule has 0 saturated carbocycles. The third-order valence-corrected chi connectivity index (χ3v) is 4.61. The van der Waals surface area contributed by atoms with Gasteiger partial charge in [-0.2, -0.15) is 0 Å². The maximum absolute atomic E-state index is 11.7. The minimum atomic E-state index is -0.0278. The van der Waals surface area contributed by atoms with Crippen LogP contribution in [0.1, 0.15) is 44.4 Å². The zero-order chi connectivity index (χ0) is 14.8. The molecule has 0 N–H and O–H groups in total. The van der Waals surface area contributed by atoms with E-state index in [1.165, 1.54) is 4.90 Å². The number of hydrogen-bond acceptors (Lipinski definition) is 4. The quantitative estimate of drug-likeness (QED) is 0.798. The molecule has 0 aliphatic carbocycles. The first-order valence-corrected chi connectivity index (χ1v) is 7.76. The smallest absolute Gasteiger partial charge is 0.229 e. The van der Waals surface area contributed by atoms with E-state index in [0.717, 1.165) is 31.7 Å². The number of nitrogens with zero attached hydrogens (tertiary/aromatic N) is 2. The van der Waals surface area contributed by atoms with Crippen LogP contribution in [0.5, 0.6) is 0 Å². The third kappa shape index (κ3) is 3.02. The maximum Gasteiger partial charge on any atom is 0.229 e. The molecule has 0 aromatic carbocycles. The fraction of sp³-hybridized carbons (Fsp3) is 0.625. The van der Waals surface area contributed by atoms with Crippen LogP contribution in [0.4, 0.5) is 0 Å². The van der Waals surface area contributed by atoms with Crippen molar-refractivity contribution < 1.29 is 14.0 Å². The fourth-order valence-electron chi connectivity index (χ4n) is 3.34. The van der Waals surface area contributed by atoms with Gasteiger partial charge in [-0.15, -0.1) is 0 Å². The molecular formula is C16H22N2O3. The molecule has 0 bridgehead atoms. The largest absolute Gasteiger partial charge is 0.468 e. The number of hydrogen-bond donors (Lipinski definition) is 0. The highest BCUT2D eigenvalue weighted by atomic mass is 16.3. The summed E-state index contributed by atoms with van der Waals surface area (Å²) in [6.07, 6.45) is 4.67. The summed E-state index contributed by atoms with van der Waals surface area (Å²) in [6, 6.07) is 4.19. The van der Waals surface area contributed by atoms with E-state index in [1.54, 1.807) is 6.26 Å². The Morgan fingerprint density at radius 1 is 1.24 bits per heavy atom. The van der Waals surface area contributed by atoms with Crippen molar-refractivity contribution in [1.82, 2.24) is 9.80 Å². The summed E-state index contributed by atoms with van der Waals surface area (Å²) in [5.41, 5.74) is 0. The Balaban J connectivity index is 1.65. The molecule has 1 aromatic rings. The molecule has 1 aromatic heterocycles. The van der Waals surface area contributed by atoms with Crippen LogP contribution in [0, 0.1) is 5.92 Å². The van der Waals surface area contributed by atoms with Crippen LogP contribution in [-0.2, 0) is 9.59 Å². The molecule has 114 valence electrons. The van der Waals surface area contributed by atoms with E-state index in [2.05, 4.69) is 11.8 Å². The Morgan fingerprint density at radius 3 is 2.67 bits per heavy atom. The Labute approximate surface area is 124 Å². The lowest BCUT2D eigenvalue weighted by Gasteiger charge is -2.38. The van der Waals surface area contributed by atoms with Crippen LogP contribution < -0.4 is 0 Å². The molecule has 5 heteroatoms. The van der Waals surface area contributed by atoms with Crippen molar-refractivity contribution in [3.8, 4) is 0 Å². The Bertz CT molecular complexity index is 496. The highest BCUT2D eigenvalue weighted by molar-refractivity contribution is 6.01. The van der Waals surface area contributed by atoms with E-state index < -0.39 is 0 Å². The fourth-order valence-corrected chi connectivity index (χ4v) is 3.34. The minimum Gasteiger partial charge on any atom is -0.468 e. The third-order valence-electron chi connectivity index (χ3n) is 4.61. The Hall–Kier alpha value is -1.62. The number of carbonyl (C=O) groups is 2. The van der Waals surface area contributed by atoms with Crippen LogP contribution in [0.25, 0.3) is 0 Å². The van der Waals surface area contributed by atoms with Crippen molar-refractivity contribution in [1.29, 1.82) is 0 Å². The first-order valence-electron chi connectivity index (χ1n) is 7.76. The lowest BCUT2D eigenvalue weighted by Crippen LogP contribution is -2.42. The SMILES string of the molecule is C[C@@H]1CCN(CCN2C(=O)CCC2=O)[C@@H](c2ccco2)C1. The summed E-state index contributed by atoms with van der Waals surface area (Å²) in [7, 11) is 0. The summed E-state index contributed by atoms with van der Waals surface area (Å²) in [5, 5.41) is 0. The van der Waals surface area contributed by atoms with Gasteiger partial charge in [-0.25, -0.2) is 0 Å². The van der Waals surface area contributed by atoms with Crippen LogP contribution in [0.3, 0.4) is 0 Å². The Morgan fingerprint density at radius 2 is 2.00 bits per heavy atom. The van der Waals surface area contributed by atoms with Gasteiger partial charge in [0.2, 0.25) is 11.8 Å². The average Bonchev–Trinajstić information content (AvgIpc) is 3.09. The number of amides is 2. The second-order valence-corrected chi connectivity index (χ2v) is 6.14. The van der Waals surface area contributed by atoms with Gasteiger partial charge in [0.05, 0.1) is 12.3 Å². The Kier molecular flexibility index (Phi) is 4.10. The molecule has 21 heavy (non-hydrogen) atoms. The molecule has 2 aliphatic rings. The van der Waals surface area contributed by atoms with Crippen LogP contribution >= 0.6 is 0 Å². The van der Waals surface area contributed by atoms with Gasteiger partial charge in [0.25, 0.3) is 0 Å². The lowest BCUT2D eigenvalue weighted by atomic mass is 9.91. The van der Waals surface area contributed by atoms with Crippen molar-refractivity contribution in [2.24, 2.45) is 5.92 Å². The van der Waals surface area contributed by atoms with Gasteiger partial charge in [0.1, 0.15) is 5.76 Å². The van der Waals surface area contributed by atoms with Gasteiger partial charge >= 0.3 is 0 Å². The molecule has 0 radical (unpaired) electrons. The summed E-state index contributed by atoms with van der Waals surface area (Å²) in [4.78, 5) is 27.1. The average molecular weight is 290 g/mol. The number of rotatable bonds is 4. The first-order chi connectivity index (χ1) is 10.1. The lowest BCUT2D eigenvalue weighted by molar-refractivity contribution is -0.138. The predicted molar refractivity (Wildman–Crippen MR) is 77.4 cm³/mol. The van der Waals surface area contributed by atoms with Crippen molar-refractivity contribution >= 4 is 11.8 Å². The molecule has 2 fully saturated rings. The second kappa shape index (κ2) is 6.02. The normalized spacial score (nSPS) is 27.6. The van der Waals surface area contributed by atoms with Crippen molar-refractivity contribution in [3.05, 3.63) is 24.2 Å². The molecule has 0 spiro atoms. The highest BCUT2D eigenvalue weighted by Crippen LogP contribution is 2.34. The molecule has 2 saturated heterocycles. The van der Waals surface area contributed by atoms with Gasteiger partial charge in [-0.1, -0.05) is 6.92 Å². The number of imide groups is 1. The van der Waals surface area contributed by atoms with Crippen LogP contribution in [0.2, 0.25) is 0 Å². The molecule has 5 nitrogen and oxygen atoms in total. The molecule has 3 rings (SSSR count). The van der Waals surface area contributed by atoms with E-state index in [1.807, 2.05) is 12.1 Å². The second-order valence-electron chi connectivity index (χ2n) is 6.14. The maximum atomic E-state index is 11.7. The van der Waals surface area contributed by atoms with Crippen molar-refractivity contribution in [2.45, 2.75) is 38.6 Å². The van der Waals surface area contributed by atoms with Crippen molar-refractivity contribution in [2.75, 3.05) is 19.6 Å². The van der Waals surface area contributed by atoms with Gasteiger partial charge < -0.3 is 4.42 Å². The molecule has 2 amide bonds. The standard InChI is InChI=1S/C16H22N2O3/c1-12-6-7-17(13(11-12)14-3-2-10-21-14)8-9-18-15(19)4-5-16(18)20/h2-3,10,12-13H,4-9,11H2,1H3/t12-,13-/m1/s1. The highest BCUT2D eigenvalue weighted by Gasteiger charge is 2.32. The predicted octanol–water partition coefficient (Wildman–Crippen LogP) is 2.20. The van der Waals surface area contributed by atoms with Gasteiger partial charge in [-0.05, 0) is 37.4 Å². The number of furan rings is 1. The summed E-state index contributed by atoms with van der Waals surface area (Å²) in [5.74, 6) is 1.60. The van der Waals surface area contributed by atoms with E-state index in [0.29, 0.717) is 25.3 Å². The van der Waals surface area contributed by atoms with Crippen LogP contribution in [0.15, 0.2) is 22.8 Å². The first kappa shape index (κ1) is 14.3. The summed E-state index contributed by atoms with van der Waals surface area (Å²) >= 11 is 0. The number of piperidine rings is 1. The minimum absolute atomic E-state index is 0.0278. The van der Waals surface area contributed by atoms with E-state index in [4.69, 9.17) is 4.42 Å². The topological polar surface area (TPSA) is 53.8 Å². The molecule has 0 unspecified atom stereocenters. The molecule has 2 aliphatic heterocycles. The van der Waals surface area contributed by atoms with Gasteiger partial charge in [0.15, 0.2) is 0 Å². The summed E-state index contributed by atoms with van der Waals surface area (Å²) in [6.45, 7) is 4.49. The zero-order valence-corrected chi connectivity index (χ0v) is 12.5. The van der Waals surface area contributed by atoms with E-state index in [9.17, 15) is 9.59 Å². The summed E-state index contributed by atoms with van der Waals surface area (Å²) < 4.78 is 5.58. The van der Waals surface area contributed by atoms with Gasteiger partial charge in [0, 0.05) is 25.9 Å². The van der Waals surface area contributed by atoms with E-state index in [-0.39, 0.29) is 17.9 Å². The number of likely N-dealkylation sites (tertiary alicyclic amines) is 2. The van der Waals surface area contributed by atoms with E-state index >= 15 is 0 Å². The van der Waals surface area contributed by atoms with Crippen molar-refractivity contribution in [3.63, 3.8) is 0 Å². The molecule has 2 atom stereocenters. The number of carbonyl (C=O) groups excluding carboxylic acids is 2. The monoisotopic (exact) mass is 290 g/mol. The van der Waals surface area contributed by atoms with Gasteiger partial charge in [-0.3, -0.25) is 19.4 Å². The molecule has 3 heterocycles. The molecular weight excluding hydrogens is 268 g/mol. The van der Waals surface area contributed by atoms with Crippen LogP contribution in [-0.4, -0.2) is 41.2 Å². The zero-order valence-electron chi connectivity index (χ0n) is 12.5.